The first-order valence-electron chi connectivity index (χ1n) is 18.4. The normalized spacial score (nSPS) is 19.2. The fourth-order valence-corrected chi connectivity index (χ4v) is 7.79. The number of carbonyl (C=O) groups is 1. The number of hydrogen-bond donors (Lipinski definition) is 3. The van der Waals surface area contributed by atoms with Crippen LogP contribution >= 0.6 is 0 Å². The van der Waals surface area contributed by atoms with Crippen LogP contribution in [0.15, 0.2) is 90.0 Å². The lowest BCUT2D eigenvalue weighted by Crippen LogP contribution is -2.50. The Bertz CT molecular complexity index is 2100. The molecule has 4 atom stereocenters. The largest absolute Gasteiger partial charge is 0.497 e. The summed E-state index contributed by atoms with van der Waals surface area (Å²) >= 11 is 0. The first-order valence-corrected chi connectivity index (χ1v) is 21.3. The Labute approximate surface area is 322 Å². The lowest BCUT2D eigenvalue weighted by atomic mass is 9.80. The Kier molecular flexibility index (Phi) is 11.4. The summed E-state index contributed by atoms with van der Waals surface area (Å²) < 4.78 is 33.5. The summed E-state index contributed by atoms with van der Waals surface area (Å²) in [4.78, 5) is 37.1. The molecule has 55 heavy (non-hydrogen) atoms. The number of hydrogen-bond acceptors (Lipinski definition) is 10. The molecule has 1 aliphatic heterocycles. The van der Waals surface area contributed by atoms with Gasteiger partial charge in [0.2, 0.25) is 11.9 Å². The molecule has 0 bridgehead atoms. The maximum absolute atomic E-state index is 13.1. The number of fused-ring (bicyclic) bond motifs is 1. The van der Waals surface area contributed by atoms with Crippen LogP contribution in [0.1, 0.15) is 57.5 Å². The number of imidazole rings is 1. The van der Waals surface area contributed by atoms with Crippen LogP contribution in [0.4, 0.5) is 5.95 Å². The van der Waals surface area contributed by atoms with Crippen LogP contribution in [-0.4, -0.2) is 78.0 Å². The molecule has 0 spiro atoms. The first-order chi connectivity index (χ1) is 26.1. The number of methoxy groups -OCH3 is 2. The second kappa shape index (κ2) is 15.7. The summed E-state index contributed by atoms with van der Waals surface area (Å²) in [6.45, 7) is 14.1. The molecule has 0 unspecified atom stereocenters. The molecule has 1 amide bonds. The highest BCUT2D eigenvalue weighted by molar-refractivity contribution is 6.74. The van der Waals surface area contributed by atoms with Crippen LogP contribution in [0.3, 0.4) is 0 Å². The summed E-state index contributed by atoms with van der Waals surface area (Å²) in [5.74, 6) is 0.687. The van der Waals surface area contributed by atoms with Crippen molar-refractivity contribution in [3.8, 4) is 11.5 Å². The Morgan fingerprint density at radius 3 is 2.04 bits per heavy atom. The predicted octanol–water partition coefficient (Wildman–Crippen LogP) is 6.39. The highest BCUT2D eigenvalue weighted by atomic mass is 28.4. The van der Waals surface area contributed by atoms with Gasteiger partial charge in [-0.15, -0.1) is 0 Å². The molecule has 1 aliphatic rings. The van der Waals surface area contributed by atoms with Crippen molar-refractivity contribution in [2.45, 2.75) is 82.9 Å². The predicted molar refractivity (Wildman–Crippen MR) is 212 cm³/mol. The highest BCUT2D eigenvalue weighted by Crippen LogP contribution is 2.45. The minimum absolute atomic E-state index is 0.0177. The first kappa shape index (κ1) is 39.8. The van der Waals surface area contributed by atoms with E-state index >= 15 is 0 Å². The number of benzene rings is 3. The van der Waals surface area contributed by atoms with E-state index in [2.05, 4.69) is 54.1 Å². The van der Waals surface area contributed by atoms with E-state index in [-0.39, 0.29) is 40.6 Å². The van der Waals surface area contributed by atoms with E-state index in [0.717, 1.165) is 16.7 Å². The molecular formula is C41H51N5O8Si. The van der Waals surface area contributed by atoms with Crippen molar-refractivity contribution in [2.24, 2.45) is 5.92 Å². The Morgan fingerprint density at radius 2 is 1.51 bits per heavy atom. The van der Waals surface area contributed by atoms with Gasteiger partial charge in [0.05, 0.1) is 27.2 Å². The molecular weight excluding hydrogens is 719 g/mol. The number of ether oxygens (including phenoxy) is 4. The summed E-state index contributed by atoms with van der Waals surface area (Å²) in [5.41, 5.74) is 0.992. The minimum atomic E-state index is -2.52. The van der Waals surface area contributed by atoms with Crippen LogP contribution in [0, 0.1) is 5.92 Å². The minimum Gasteiger partial charge on any atom is -0.497 e. The topological polar surface area (TPSA) is 159 Å². The standard InChI is InChI=1S/C41H51N5O8Si/c1-25(2)36(48)44-39-43-35-32(37(49)45-39)42-24-46(35)38-33(47)34(54-55(8,9)40(3,4)5)31(53-38)23-52-41(26-13-11-10-12-14-26,27-15-19-29(50-6)20-16-27)28-17-21-30(51-7)22-18-28/h10-22,24-25,31,33-34,38,47H,23H2,1-9H3,(H2,43,44,45,48,49)/t31-,33-,34-,38-/m1/s1. The molecule has 3 aromatic carbocycles. The van der Waals surface area contributed by atoms with E-state index < -0.39 is 44.0 Å². The van der Waals surface area contributed by atoms with Gasteiger partial charge in [0, 0.05) is 5.92 Å². The van der Waals surface area contributed by atoms with E-state index in [1.807, 2.05) is 78.9 Å². The monoisotopic (exact) mass is 769 g/mol. The van der Waals surface area contributed by atoms with Crippen molar-refractivity contribution in [1.82, 2.24) is 19.5 Å². The second-order valence-electron chi connectivity index (χ2n) is 15.6. The number of carbonyl (C=O) groups excluding carboxylic acids is 1. The quantitative estimate of drug-likeness (QED) is 0.0906. The molecule has 1 saturated heterocycles. The lowest BCUT2D eigenvalue weighted by Gasteiger charge is -2.41. The van der Waals surface area contributed by atoms with Crippen molar-refractivity contribution in [3.63, 3.8) is 0 Å². The van der Waals surface area contributed by atoms with Gasteiger partial charge in [-0.2, -0.15) is 4.98 Å². The van der Waals surface area contributed by atoms with Gasteiger partial charge < -0.3 is 28.5 Å². The summed E-state index contributed by atoms with van der Waals surface area (Å²) in [5, 5.41) is 14.6. The van der Waals surface area contributed by atoms with Crippen LogP contribution in [0.5, 0.6) is 11.5 Å². The van der Waals surface area contributed by atoms with E-state index in [0.29, 0.717) is 11.5 Å². The molecule has 6 rings (SSSR count). The molecule has 13 nitrogen and oxygen atoms in total. The van der Waals surface area contributed by atoms with Crippen molar-refractivity contribution in [2.75, 3.05) is 26.1 Å². The third-order valence-corrected chi connectivity index (χ3v) is 15.1. The average molecular weight is 770 g/mol. The maximum Gasteiger partial charge on any atom is 0.280 e. The van der Waals surface area contributed by atoms with Gasteiger partial charge in [-0.25, -0.2) is 4.98 Å². The van der Waals surface area contributed by atoms with Gasteiger partial charge in [-0.3, -0.25) is 24.5 Å². The molecule has 1 fully saturated rings. The molecule has 3 heterocycles. The number of rotatable bonds is 13. The van der Waals surface area contributed by atoms with E-state index in [1.54, 1.807) is 28.1 Å². The summed E-state index contributed by atoms with van der Waals surface area (Å²) in [6, 6.07) is 25.4. The van der Waals surface area contributed by atoms with E-state index in [4.69, 9.17) is 23.4 Å². The SMILES string of the molecule is COc1ccc(C(OC[C@H]2O[C@@H](n3cnc4c(=O)[nH]c(NC(=O)C(C)C)nc43)[C@H](O)[C@@H]2O[Si](C)(C)C(C)(C)C)(c2ccccc2)c2ccc(OC)cc2)cc1. The van der Waals surface area contributed by atoms with Crippen molar-refractivity contribution in [3.05, 3.63) is 112 Å². The van der Waals surface area contributed by atoms with Gasteiger partial charge >= 0.3 is 0 Å². The van der Waals surface area contributed by atoms with Crippen molar-refractivity contribution >= 4 is 31.3 Å². The molecule has 5 aromatic rings. The number of aromatic nitrogens is 4. The molecule has 0 saturated carbocycles. The third-order valence-electron chi connectivity index (χ3n) is 10.7. The van der Waals surface area contributed by atoms with Crippen LogP contribution in [0.25, 0.3) is 11.2 Å². The zero-order valence-electron chi connectivity index (χ0n) is 32.8. The fraction of sp³-hybridized carbons (Fsp3) is 0.415. The van der Waals surface area contributed by atoms with E-state index in [1.165, 1.54) is 10.9 Å². The number of H-pyrrole nitrogens is 1. The van der Waals surface area contributed by atoms with Crippen LogP contribution in [-0.2, 0) is 24.3 Å². The van der Waals surface area contributed by atoms with Gasteiger partial charge in [0.15, 0.2) is 25.7 Å². The van der Waals surface area contributed by atoms with Gasteiger partial charge in [-0.05, 0) is 59.1 Å². The maximum atomic E-state index is 13.1. The second-order valence-corrected chi connectivity index (χ2v) is 20.4. The number of aromatic amines is 1. The molecule has 14 heteroatoms. The van der Waals surface area contributed by atoms with Gasteiger partial charge in [0.1, 0.15) is 35.4 Å². The van der Waals surface area contributed by atoms with Crippen LogP contribution < -0.4 is 20.3 Å². The average Bonchev–Trinajstić information content (AvgIpc) is 3.72. The molecule has 0 aliphatic carbocycles. The van der Waals surface area contributed by atoms with E-state index in [9.17, 15) is 14.7 Å². The Hall–Kier alpha value is -4.86. The number of nitrogens with zero attached hydrogens (tertiary/aromatic N) is 3. The van der Waals surface area contributed by atoms with Gasteiger partial charge in [-0.1, -0.05) is 89.2 Å². The van der Waals surface area contributed by atoms with Crippen LogP contribution in [0.2, 0.25) is 18.1 Å². The summed E-state index contributed by atoms with van der Waals surface area (Å²) in [6.07, 6.45) is -2.52. The number of nitrogens with one attached hydrogen (secondary N) is 2. The third kappa shape index (κ3) is 7.82. The van der Waals surface area contributed by atoms with Crippen molar-refractivity contribution < 1.29 is 33.3 Å². The number of amides is 1. The highest BCUT2D eigenvalue weighted by Gasteiger charge is 2.52. The molecule has 2 aromatic heterocycles. The lowest BCUT2D eigenvalue weighted by molar-refractivity contribution is -0.118. The number of aliphatic hydroxyl groups is 1. The zero-order chi connectivity index (χ0) is 39.7. The van der Waals surface area contributed by atoms with Gasteiger partial charge in [0.25, 0.3) is 5.56 Å². The smallest absolute Gasteiger partial charge is 0.280 e. The molecule has 3 N–H and O–H groups in total. The number of anilines is 1. The summed E-state index contributed by atoms with van der Waals surface area (Å²) in [7, 11) is 0.725. The Balaban J connectivity index is 1.45. The van der Waals surface area contributed by atoms with Crippen molar-refractivity contribution in [1.29, 1.82) is 0 Å². The fourth-order valence-electron chi connectivity index (χ4n) is 6.46. The molecule has 0 radical (unpaired) electrons. The zero-order valence-corrected chi connectivity index (χ0v) is 33.8. The Morgan fingerprint density at radius 1 is 0.945 bits per heavy atom. The number of aliphatic hydroxyl groups excluding tert-OH is 1. The molecule has 292 valence electrons.